The molecule has 1 aromatic carbocycles. The number of carboxylic acids is 1. The Morgan fingerprint density at radius 1 is 1.23 bits per heavy atom. The summed E-state index contributed by atoms with van der Waals surface area (Å²) in [5, 5.41) is 12.4. The molecule has 120 valence electrons. The smallest absolute Gasteiger partial charge is 0.412 e. The van der Waals surface area contributed by atoms with Gasteiger partial charge in [-0.15, -0.1) is 0 Å². The van der Waals surface area contributed by atoms with Crippen LogP contribution in [0.5, 0.6) is 0 Å². The second-order valence-corrected chi connectivity index (χ2v) is 7.44. The fourth-order valence-corrected chi connectivity index (χ4v) is 2.94. The summed E-state index contributed by atoms with van der Waals surface area (Å²) in [5.74, 6) is -0.865. The summed E-state index contributed by atoms with van der Waals surface area (Å²) in [6, 6.07) is 7.02. The van der Waals surface area contributed by atoms with E-state index in [1.165, 1.54) is 0 Å². The minimum atomic E-state index is -0.960. The van der Waals surface area contributed by atoms with E-state index >= 15 is 0 Å². The molecule has 0 bridgehead atoms. The highest BCUT2D eigenvalue weighted by molar-refractivity contribution is 5.93. The molecule has 0 aliphatic heterocycles. The highest BCUT2D eigenvalue weighted by atomic mass is 16.6. The lowest BCUT2D eigenvalue weighted by Gasteiger charge is -2.23. The van der Waals surface area contributed by atoms with Crippen LogP contribution in [0.1, 0.15) is 46.6 Å². The van der Waals surface area contributed by atoms with Gasteiger partial charge in [0, 0.05) is 5.69 Å². The maximum atomic E-state index is 12.0. The molecule has 1 atom stereocenters. The van der Waals surface area contributed by atoms with Crippen LogP contribution in [0.25, 0.3) is 0 Å². The molecule has 1 aromatic rings. The van der Waals surface area contributed by atoms with Crippen LogP contribution in [0.3, 0.4) is 0 Å². The van der Waals surface area contributed by atoms with Crippen molar-refractivity contribution < 1.29 is 19.4 Å². The van der Waals surface area contributed by atoms with Gasteiger partial charge in [-0.25, -0.2) is 4.79 Å². The molecule has 0 radical (unpaired) electrons. The number of anilines is 1. The first kappa shape index (κ1) is 16.3. The number of rotatable bonds is 3. The highest BCUT2D eigenvalue weighted by Crippen LogP contribution is 2.65. The molecule has 0 heterocycles. The van der Waals surface area contributed by atoms with Crippen LogP contribution >= 0.6 is 0 Å². The van der Waals surface area contributed by atoms with Gasteiger partial charge in [0.2, 0.25) is 0 Å². The lowest BCUT2D eigenvalue weighted by molar-refractivity contribution is -0.141. The van der Waals surface area contributed by atoms with E-state index in [1.54, 1.807) is 45.0 Å². The Hall–Kier alpha value is -2.04. The van der Waals surface area contributed by atoms with Gasteiger partial charge in [-0.2, -0.15) is 0 Å². The third kappa shape index (κ3) is 2.80. The lowest BCUT2D eigenvalue weighted by atomic mass is 9.87. The maximum absolute atomic E-state index is 12.0. The van der Waals surface area contributed by atoms with E-state index in [0.29, 0.717) is 17.7 Å². The third-order valence-corrected chi connectivity index (χ3v) is 4.12. The zero-order valence-electron chi connectivity index (χ0n) is 13.7. The number of aliphatic carboxylic acids is 1. The second-order valence-electron chi connectivity index (χ2n) is 7.44. The lowest BCUT2D eigenvalue weighted by Crippen LogP contribution is -2.30. The standard InChI is InChI=1S/C17H23NO4/c1-15(2,3)22-14(21)18-12-9-7-6-8-11(12)17(13(19)20)10-16(17,4)5/h6-9H,10H2,1-5H3,(H,18,21)(H,19,20). The van der Waals surface area contributed by atoms with E-state index < -0.39 is 23.1 Å². The molecule has 1 aliphatic carbocycles. The average molecular weight is 305 g/mol. The van der Waals surface area contributed by atoms with E-state index in [4.69, 9.17) is 4.74 Å². The molecule has 5 nitrogen and oxygen atoms in total. The van der Waals surface area contributed by atoms with Gasteiger partial charge in [0.05, 0.1) is 0 Å². The molecule has 2 N–H and O–H groups in total. The fraction of sp³-hybridized carbons (Fsp3) is 0.529. The number of ether oxygens (including phenoxy) is 1. The van der Waals surface area contributed by atoms with Crippen LogP contribution in [-0.4, -0.2) is 22.8 Å². The van der Waals surface area contributed by atoms with Crippen molar-refractivity contribution in [2.75, 3.05) is 5.32 Å². The van der Waals surface area contributed by atoms with Crippen molar-refractivity contribution in [2.45, 2.75) is 52.1 Å². The Morgan fingerprint density at radius 3 is 2.23 bits per heavy atom. The van der Waals surface area contributed by atoms with Crippen molar-refractivity contribution >= 4 is 17.7 Å². The van der Waals surface area contributed by atoms with Crippen LogP contribution in [0, 0.1) is 5.41 Å². The van der Waals surface area contributed by atoms with Crippen molar-refractivity contribution in [2.24, 2.45) is 5.41 Å². The van der Waals surface area contributed by atoms with Gasteiger partial charge in [-0.05, 0) is 44.2 Å². The number of benzene rings is 1. The Balaban J connectivity index is 2.33. The molecule has 1 amide bonds. The third-order valence-electron chi connectivity index (χ3n) is 4.12. The first-order valence-corrected chi connectivity index (χ1v) is 7.32. The predicted molar refractivity (Wildman–Crippen MR) is 84.0 cm³/mol. The van der Waals surface area contributed by atoms with Crippen molar-refractivity contribution in [3.8, 4) is 0 Å². The molecule has 5 heteroatoms. The van der Waals surface area contributed by atoms with Crippen molar-refractivity contribution in [3.63, 3.8) is 0 Å². The molecule has 1 fully saturated rings. The molecule has 1 aliphatic rings. The van der Waals surface area contributed by atoms with E-state index in [2.05, 4.69) is 5.32 Å². The topological polar surface area (TPSA) is 75.6 Å². The van der Waals surface area contributed by atoms with Gasteiger partial charge in [-0.3, -0.25) is 10.1 Å². The van der Waals surface area contributed by atoms with Gasteiger partial charge in [0.15, 0.2) is 0 Å². The Labute approximate surface area is 130 Å². The molecule has 1 saturated carbocycles. The summed E-state index contributed by atoms with van der Waals surface area (Å²) in [5.41, 5.74) is -0.797. The summed E-state index contributed by atoms with van der Waals surface area (Å²) in [6.45, 7) is 9.18. The van der Waals surface area contributed by atoms with E-state index in [9.17, 15) is 14.7 Å². The molecule has 0 aromatic heterocycles. The van der Waals surface area contributed by atoms with Gasteiger partial charge < -0.3 is 9.84 Å². The number of hydrogen-bond donors (Lipinski definition) is 2. The summed E-state index contributed by atoms with van der Waals surface area (Å²) in [7, 11) is 0. The molecule has 1 unspecified atom stereocenters. The Kier molecular flexibility index (Phi) is 3.71. The minimum absolute atomic E-state index is 0.343. The Morgan fingerprint density at radius 2 is 1.77 bits per heavy atom. The van der Waals surface area contributed by atoms with E-state index in [1.807, 2.05) is 13.8 Å². The van der Waals surface area contributed by atoms with Gasteiger partial charge in [0.1, 0.15) is 11.0 Å². The molecule has 2 rings (SSSR count). The highest BCUT2D eigenvalue weighted by Gasteiger charge is 2.68. The van der Waals surface area contributed by atoms with Crippen molar-refractivity contribution in [1.29, 1.82) is 0 Å². The van der Waals surface area contributed by atoms with E-state index in [-0.39, 0.29) is 5.41 Å². The van der Waals surface area contributed by atoms with Crippen LogP contribution < -0.4 is 5.32 Å². The summed E-state index contributed by atoms with van der Waals surface area (Å²) < 4.78 is 5.24. The predicted octanol–water partition coefficient (Wildman–Crippen LogP) is 3.79. The van der Waals surface area contributed by atoms with Crippen molar-refractivity contribution in [1.82, 2.24) is 0 Å². The summed E-state index contributed by atoms with van der Waals surface area (Å²) in [4.78, 5) is 23.8. The molecular formula is C17H23NO4. The van der Waals surface area contributed by atoms with Crippen LogP contribution in [0.15, 0.2) is 24.3 Å². The van der Waals surface area contributed by atoms with E-state index in [0.717, 1.165) is 0 Å². The number of nitrogens with one attached hydrogen (secondary N) is 1. The molecule has 0 spiro atoms. The first-order chi connectivity index (χ1) is 9.99. The molecular weight excluding hydrogens is 282 g/mol. The number of para-hydroxylation sites is 1. The number of carbonyl (C=O) groups is 2. The van der Waals surface area contributed by atoms with Crippen molar-refractivity contribution in [3.05, 3.63) is 29.8 Å². The minimum Gasteiger partial charge on any atom is -0.481 e. The largest absolute Gasteiger partial charge is 0.481 e. The average Bonchev–Trinajstić information content (AvgIpc) is 2.92. The second kappa shape index (κ2) is 5.00. The normalized spacial score (nSPS) is 22.8. The summed E-state index contributed by atoms with van der Waals surface area (Å²) >= 11 is 0. The zero-order chi connectivity index (χ0) is 16.8. The van der Waals surface area contributed by atoms with Crippen LogP contribution in [0.2, 0.25) is 0 Å². The number of carbonyl (C=O) groups excluding carboxylic acids is 1. The number of carboxylic acid groups (broad SMARTS) is 1. The number of amides is 1. The zero-order valence-corrected chi connectivity index (χ0v) is 13.7. The monoisotopic (exact) mass is 305 g/mol. The first-order valence-electron chi connectivity index (χ1n) is 7.32. The van der Waals surface area contributed by atoms with Gasteiger partial charge >= 0.3 is 12.1 Å². The summed E-state index contributed by atoms with van der Waals surface area (Å²) in [6.07, 6.45) is -0.0403. The molecule has 22 heavy (non-hydrogen) atoms. The molecule has 0 saturated heterocycles. The van der Waals surface area contributed by atoms with Crippen LogP contribution in [0.4, 0.5) is 10.5 Å². The SMILES string of the molecule is CC(C)(C)OC(=O)Nc1ccccc1C1(C(=O)O)CC1(C)C. The van der Waals surface area contributed by atoms with Crippen LogP contribution in [-0.2, 0) is 14.9 Å². The maximum Gasteiger partial charge on any atom is 0.412 e. The van der Waals surface area contributed by atoms with Gasteiger partial charge in [0.25, 0.3) is 0 Å². The Bertz CT molecular complexity index is 615. The number of hydrogen-bond acceptors (Lipinski definition) is 3. The quantitative estimate of drug-likeness (QED) is 0.891. The fourth-order valence-electron chi connectivity index (χ4n) is 2.94. The van der Waals surface area contributed by atoms with Gasteiger partial charge in [-0.1, -0.05) is 32.0 Å².